The molecule has 0 fully saturated rings. The molecule has 1 N–H and O–H groups in total. The van der Waals surface area contributed by atoms with Crippen molar-refractivity contribution in [2.75, 3.05) is 12.4 Å². The Morgan fingerprint density at radius 2 is 2.13 bits per heavy atom. The molecule has 0 unspecified atom stereocenters. The summed E-state index contributed by atoms with van der Waals surface area (Å²) in [5.74, 6) is 1.60. The maximum Gasteiger partial charge on any atom is 0.283 e. The highest BCUT2D eigenvalue weighted by molar-refractivity contribution is 7.16. The molecular formula is C22H17ClN4O3S. The summed E-state index contributed by atoms with van der Waals surface area (Å²) in [6, 6.07) is 17.9. The molecule has 0 aliphatic rings. The van der Waals surface area contributed by atoms with Gasteiger partial charge in [-0.05, 0) is 36.4 Å². The minimum atomic E-state index is -0.348. The van der Waals surface area contributed by atoms with E-state index < -0.39 is 0 Å². The van der Waals surface area contributed by atoms with Gasteiger partial charge in [0, 0.05) is 10.9 Å². The van der Waals surface area contributed by atoms with E-state index in [2.05, 4.69) is 10.4 Å². The molecule has 0 bridgehead atoms. The van der Waals surface area contributed by atoms with Crippen LogP contribution in [0.2, 0.25) is 4.34 Å². The molecule has 7 nitrogen and oxygen atoms in total. The highest BCUT2D eigenvalue weighted by Gasteiger charge is 2.21. The molecule has 4 rings (SSSR count). The lowest BCUT2D eigenvalue weighted by Crippen LogP contribution is -2.17. The van der Waals surface area contributed by atoms with Crippen molar-refractivity contribution in [1.29, 1.82) is 5.26 Å². The molecule has 9 heteroatoms. The van der Waals surface area contributed by atoms with Gasteiger partial charge >= 0.3 is 0 Å². The first-order chi connectivity index (χ1) is 15.1. The Labute approximate surface area is 187 Å². The van der Waals surface area contributed by atoms with Crippen LogP contribution in [0.25, 0.3) is 11.5 Å². The first kappa shape index (κ1) is 20.7. The van der Waals surface area contributed by atoms with Gasteiger partial charge in [-0.1, -0.05) is 23.7 Å². The van der Waals surface area contributed by atoms with Gasteiger partial charge < -0.3 is 14.5 Å². The lowest BCUT2D eigenvalue weighted by atomic mass is 10.2. The maximum atomic E-state index is 13.3. The minimum absolute atomic E-state index is 0.158. The molecule has 31 heavy (non-hydrogen) atoms. The van der Waals surface area contributed by atoms with Crippen molar-refractivity contribution < 1.29 is 13.9 Å². The number of rotatable bonds is 7. The first-order valence-corrected chi connectivity index (χ1v) is 10.5. The van der Waals surface area contributed by atoms with Gasteiger partial charge in [0.05, 0.1) is 36.0 Å². The summed E-state index contributed by atoms with van der Waals surface area (Å²) in [6.45, 7) is 0.472. The largest absolute Gasteiger partial charge is 0.496 e. The number of hydrogen-bond donors (Lipinski definition) is 1. The number of thiophene rings is 1. The van der Waals surface area contributed by atoms with Gasteiger partial charge in [-0.3, -0.25) is 4.79 Å². The molecule has 0 aliphatic carbocycles. The topological polar surface area (TPSA) is 93.1 Å². The summed E-state index contributed by atoms with van der Waals surface area (Å²) in [5.41, 5.74) is 0.852. The number of nitrogens with one attached hydrogen (secondary N) is 1. The second kappa shape index (κ2) is 9.08. The van der Waals surface area contributed by atoms with Gasteiger partial charge in [0.2, 0.25) is 0 Å². The van der Waals surface area contributed by atoms with E-state index in [0.29, 0.717) is 45.2 Å². The number of anilines is 1. The average molecular weight is 453 g/mol. The van der Waals surface area contributed by atoms with Gasteiger partial charge in [0.1, 0.15) is 23.0 Å². The zero-order valence-corrected chi connectivity index (χ0v) is 18.0. The number of nitriles is 1. The number of hydrogen-bond acceptors (Lipinski definition) is 7. The highest BCUT2D eigenvalue weighted by Crippen LogP contribution is 2.28. The molecule has 3 aromatic heterocycles. The Balaban J connectivity index is 1.71. The third kappa shape index (κ3) is 4.48. The van der Waals surface area contributed by atoms with Crippen LogP contribution >= 0.6 is 22.9 Å². The van der Waals surface area contributed by atoms with E-state index >= 15 is 0 Å². The van der Waals surface area contributed by atoms with E-state index in [9.17, 15) is 4.79 Å². The third-order valence-electron chi connectivity index (χ3n) is 4.48. The van der Waals surface area contributed by atoms with E-state index in [1.807, 2.05) is 18.2 Å². The zero-order valence-electron chi connectivity index (χ0n) is 16.5. The summed E-state index contributed by atoms with van der Waals surface area (Å²) in [7, 11) is 1.51. The summed E-state index contributed by atoms with van der Waals surface area (Å²) in [4.78, 5) is 14.3. The van der Waals surface area contributed by atoms with Crippen molar-refractivity contribution in [3.63, 3.8) is 0 Å². The summed E-state index contributed by atoms with van der Waals surface area (Å²) < 4.78 is 13.0. The molecule has 0 saturated heterocycles. The predicted molar refractivity (Wildman–Crippen MR) is 119 cm³/mol. The fourth-order valence-electron chi connectivity index (χ4n) is 3.03. The molecule has 0 radical (unpaired) electrons. The molecule has 3 heterocycles. The summed E-state index contributed by atoms with van der Waals surface area (Å²) >= 11 is 7.47. The number of carbonyl (C=O) groups is 1. The monoisotopic (exact) mass is 452 g/mol. The van der Waals surface area contributed by atoms with E-state index in [1.54, 1.807) is 42.5 Å². The van der Waals surface area contributed by atoms with Crippen LogP contribution in [0.3, 0.4) is 0 Å². The lowest BCUT2D eigenvalue weighted by molar-refractivity contribution is 0.0945. The van der Waals surface area contributed by atoms with Crippen LogP contribution < -0.4 is 10.1 Å². The fourth-order valence-corrected chi connectivity index (χ4v) is 4.06. The molecule has 4 aromatic rings. The van der Waals surface area contributed by atoms with Crippen LogP contribution in [0.4, 0.5) is 5.82 Å². The summed E-state index contributed by atoms with van der Waals surface area (Å²) in [6.07, 6.45) is 0.158. The number of nitrogens with zero attached hydrogens (tertiary/aromatic N) is 3. The van der Waals surface area contributed by atoms with Crippen LogP contribution in [-0.4, -0.2) is 22.8 Å². The molecule has 1 aromatic carbocycles. The standard InChI is InChI=1S/C22H17ClN4O3S/c1-29-18-5-3-2-4-16(18)22(28)27-21(25-13-15-7-9-20(23)31-15)12-17(26-27)19-8-6-14(30-19)10-11-24/h2-9,12,25H,10,13H2,1H3. The van der Waals surface area contributed by atoms with Crippen molar-refractivity contribution in [2.24, 2.45) is 0 Å². The maximum absolute atomic E-state index is 13.3. The second-order valence-corrected chi connectivity index (χ2v) is 8.29. The molecule has 0 atom stereocenters. The summed E-state index contributed by atoms with van der Waals surface area (Å²) in [5, 5.41) is 16.6. The number of furan rings is 1. The van der Waals surface area contributed by atoms with E-state index in [0.717, 1.165) is 4.88 Å². The quantitative estimate of drug-likeness (QED) is 0.412. The number of methoxy groups -OCH3 is 1. The van der Waals surface area contributed by atoms with Gasteiger partial charge in [0.25, 0.3) is 5.91 Å². The molecule has 156 valence electrons. The van der Waals surface area contributed by atoms with Crippen LogP contribution in [0.5, 0.6) is 5.75 Å². The number of halogens is 1. The number of ether oxygens (including phenoxy) is 1. The van der Waals surface area contributed by atoms with Crippen LogP contribution in [0.15, 0.2) is 59.0 Å². The minimum Gasteiger partial charge on any atom is -0.496 e. The highest BCUT2D eigenvalue weighted by atomic mass is 35.5. The van der Waals surface area contributed by atoms with Gasteiger partial charge in [-0.15, -0.1) is 11.3 Å². The van der Waals surface area contributed by atoms with Crippen LogP contribution in [0, 0.1) is 11.3 Å². The van der Waals surface area contributed by atoms with Crippen molar-refractivity contribution >= 4 is 34.7 Å². The zero-order chi connectivity index (χ0) is 21.8. The van der Waals surface area contributed by atoms with E-state index in [1.165, 1.54) is 23.1 Å². The van der Waals surface area contributed by atoms with Crippen LogP contribution in [0.1, 0.15) is 21.0 Å². The van der Waals surface area contributed by atoms with Crippen molar-refractivity contribution in [1.82, 2.24) is 9.78 Å². The number of aromatic nitrogens is 2. The van der Waals surface area contributed by atoms with Crippen molar-refractivity contribution in [2.45, 2.75) is 13.0 Å². The lowest BCUT2D eigenvalue weighted by Gasteiger charge is -2.10. The van der Waals surface area contributed by atoms with E-state index in [-0.39, 0.29) is 12.3 Å². The van der Waals surface area contributed by atoms with Crippen LogP contribution in [-0.2, 0) is 13.0 Å². The molecule has 0 saturated carbocycles. The predicted octanol–water partition coefficient (Wildman–Crippen LogP) is 5.23. The molecule has 0 spiro atoms. The Morgan fingerprint density at radius 3 is 2.87 bits per heavy atom. The average Bonchev–Trinajstić information content (AvgIpc) is 3.51. The molecule has 0 aliphatic heterocycles. The van der Waals surface area contributed by atoms with Gasteiger partial charge in [-0.2, -0.15) is 15.0 Å². The SMILES string of the molecule is COc1ccccc1C(=O)n1nc(-c2ccc(CC#N)o2)cc1NCc1ccc(Cl)s1. The molecular weight excluding hydrogens is 436 g/mol. The number of benzene rings is 1. The second-order valence-electron chi connectivity index (χ2n) is 6.49. The van der Waals surface area contributed by atoms with Gasteiger partial charge in [-0.25, -0.2) is 0 Å². The Bertz CT molecular complexity index is 1270. The van der Waals surface area contributed by atoms with Crippen molar-refractivity contribution in [3.05, 3.63) is 75.1 Å². The molecule has 0 amide bonds. The third-order valence-corrected chi connectivity index (χ3v) is 5.71. The Morgan fingerprint density at radius 1 is 1.29 bits per heavy atom. The number of para-hydroxylation sites is 1. The fraction of sp³-hybridized carbons (Fsp3) is 0.136. The van der Waals surface area contributed by atoms with Gasteiger partial charge in [0.15, 0.2) is 5.76 Å². The number of carbonyl (C=O) groups excluding carboxylic acids is 1. The van der Waals surface area contributed by atoms with Crippen molar-refractivity contribution in [3.8, 4) is 23.3 Å². The van der Waals surface area contributed by atoms with E-state index in [4.69, 9.17) is 26.0 Å². The first-order valence-electron chi connectivity index (χ1n) is 9.31. The smallest absolute Gasteiger partial charge is 0.283 e. The normalized spacial score (nSPS) is 10.6. The Kier molecular flexibility index (Phi) is 6.07. The Hall–Kier alpha value is -3.54.